The third-order valence-electron chi connectivity index (χ3n) is 3.18. The van der Waals surface area contributed by atoms with Crippen LogP contribution in [0.25, 0.3) is 0 Å². The van der Waals surface area contributed by atoms with Gasteiger partial charge in [0.2, 0.25) is 0 Å². The van der Waals surface area contributed by atoms with E-state index in [-0.39, 0.29) is 11.6 Å². The lowest BCUT2D eigenvalue weighted by atomic mass is 10.1. The lowest BCUT2D eigenvalue weighted by Gasteiger charge is -2.08. The van der Waals surface area contributed by atoms with Gasteiger partial charge < -0.3 is 0 Å². The molecule has 0 amide bonds. The minimum Gasteiger partial charge on any atom is -0.298 e. The van der Waals surface area contributed by atoms with Gasteiger partial charge in [0, 0.05) is 16.1 Å². The van der Waals surface area contributed by atoms with Crippen molar-refractivity contribution in [2.45, 2.75) is 37.4 Å². The fourth-order valence-corrected chi connectivity index (χ4v) is 3.79. The van der Waals surface area contributed by atoms with E-state index >= 15 is 0 Å². The van der Waals surface area contributed by atoms with E-state index in [2.05, 4.69) is 15.9 Å². The predicted molar refractivity (Wildman–Crippen MR) is 77.5 cm³/mol. The average molecular weight is 331 g/mol. The first-order chi connectivity index (χ1) is 8.65. The molecule has 0 radical (unpaired) electrons. The van der Waals surface area contributed by atoms with Crippen LogP contribution in [0.3, 0.4) is 0 Å². The van der Waals surface area contributed by atoms with Gasteiger partial charge >= 0.3 is 0 Å². The summed E-state index contributed by atoms with van der Waals surface area (Å²) < 4.78 is 13.9. The van der Waals surface area contributed by atoms with Gasteiger partial charge in [0.1, 0.15) is 11.6 Å². The zero-order chi connectivity index (χ0) is 13.0. The first-order valence-electron chi connectivity index (χ1n) is 6.22. The molecule has 98 valence electrons. The Labute approximate surface area is 120 Å². The van der Waals surface area contributed by atoms with E-state index in [1.54, 1.807) is 17.8 Å². The molecule has 0 atom stereocenters. The van der Waals surface area contributed by atoms with Crippen molar-refractivity contribution in [2.24, 2.45) is 0 Å². The lowest BCUT2D eigenvalue weighted by molar-refractivity contribution is -0.116. The van der Waals surface area contributed by atoms with Gasteiger partial charge in [0.25, 0.3) is 0 Å². The van der Waals surface area contributed by atoms with Crippen LogP contribution in [-0.2, 0) is 11.2 Å². The predicted octanol–water partition coefficient (Wildman–Crippen LogP) is 4.38. The van der Waals surface area contributed by atoms with Crippen molar-refractivity contribution in [3.05, 3.63) is 34.1 Å². The van der Waals surface area contributed by atoms with Crippen molar-refractivity contribution in [2.75, 3.05) is 5.75 Å². The Kier molecular flexibility index (Phi) is 5.25. The highest BCUT2D eigenvalue weighted by atomic mass is 79.9. The average Bonchev–Trinajstić information content (AvgIpc) is 2.84. The van der Waals surface area contributed by atoms with Crippen LogP contribution < -0.4 is 0 Å². The quantitative estimate of drug-likeness (QED) is 0.797. The van der Waals surface area contributed by atoms with Crippen LogP contribution in [0.1, 0.15) is 31.2 Å². The summed E-state index contributed by atoms with van der Waals surface area (Å²) in [4.78, 5) is 11.9. The van der Waals surface area contributed by atoms with Gasteiger partial charge in [-0.2, -0.15) is 11.8 Å². The molecular formula is C14H16BrFOS. The third-order valence-corrected chi connectivity index (χ3v) is 5.38. The summed E-state index contributed by atoms with van der Waals surface area (Å²) in [6.45, 7) is 0. The van der Waals surface area contributed by atoms with Crippen LogP contribution >= 0.6 is 27.7 Å². The molecule has 0 heterocycles. The molecule has 1 fully saturated rings. The Morgan fingerprint density at radius 1 is 1.39 bits per heavy atom. The summed E-state index contributed by atoms with van der Waals surface area (Å²) in [6, 6.07) is 4.48. The zero-order valence-electron chi connectivity index (χ0n) is 10.1. The minimum atomic E-state index is -0.288. The van der Waals surface area contributed by atoms with Gasteiger partial charge in [0.05, 0.1) is 5.75 Å². The van der Waals surface area contributed by atoms with Crippen LogP contribution in [0.2, 0.25) is 0 Å². The van der Waals surface area contributed by atoms with Gasteiger partial charge in [0.15, 0.2) is 0 Å². The first kappa shape index (κ1) is 14.1. The lowest BCUT2D eigenvalue weighted by Crippen LogP contribution is -2.09. The SMILES string of the molecule is O=C(CSC1CCCC1)Cc1cc(F)ccc1Br. The maximum Gasteiger partial charge on any atom is 0.147 e. The van der Waals surface area contributed by atoms with Crippen molar-refractivity contribution in [1.82, 2.24) is 0 Å². The Hall–Kier alpha value is -0.350. The topological polar surface area (TPSA) is 17.1 Å². The number of ketones is 1. The monoisotopic (exact) mass is 330 g/mol. The van der Waals surface area contributed by atoms with Crippen molar-refractivity contribution < 1.29 is 9.18 Å². The molecule has 1 aliphatic carbocycles. The number of hydrogen-bond acceptors (Lipinski definition) is 2. The second kappa shape index (κ2) is 6.71. The summed E-state index contributed by atoms with van der Waals surface area (Å²) in [6.07, 6.45) is 5.38. The third kappa shape index (κ3) is 4.09. The van der Waals surface area contributed by atoms with E-state index in [1.807, 2.05) is 0 Å². The molecule has 2 rings (SSSR count). The summed E-state index contributed by atoms with van der Waals surface area (Å²) in [5.41, 5.74) is 0.743. The van der Waals surface area contributed by atoms with Crippen LogP contribution in [-0.4, -0.2) is 16.8 Å². The molecule has 4 heteroatoms. The molecule has 1 nitrogen and oxygen atoms in total. The summed E-state index contributed by atoms with van der Waals surface area (Å²) in [5.74, 6) is 0.441. The highest BCUT2D eigenvalue weighted by molar-refractivity contribution is 9.10. The molecule has 18 heavy (non-hydrogen) atoms. The summed E-state index contributed by atoms with van der Waals surface area (Å²) >= 11 is 5.11. The van der Waals surface area contributed by atoms with Gasteiger partial charge in [-0.1, -0.05) is 28.8 Å². The summed E-state index contributed by atoms with van der Waals surface area (Å²) in [5, 5.41) is 0.657. The van der Waals surface area contributed by atoms with Crippen molar-refractivity contribution in [3.63, 3.8) is 0 Å². The molecule has 0 spiro atoms. The number of hydrogen-bond donors (Lipinski definition) is 0. The molecule has 0 aromatic heterocycles. The molecule has 1 aromatic carbocycles. The van der Waals surface area contributed by atoms with E-state index < -0.39 is 0 Å². The summed E-state index contributed by atoms with van der Waals surface area (Å²) in [7, 11) is 0. The molecular weight excluding hydrogens is 315 g/mol. The fraction of sp³-hybridized carbons (Fsp3) is 0.500. The van der Waals surface area contributed by atoms with E-state index in [0.29, 0.717) is 17.4 Å². The number of carbonyl (C=O) groups excluding carboxylic acids is 1. The number of thioether (sulfide) groups is 1. The Morgan fingerprint density at radius 3 is 2.83 bits per heavy atom. The van der Waals surface area contributed by atoms with Crippen LogP contribution in [0.15, 0.2) is 22.7 Å². The maximum atomic E-state index is 13.1. The zero-order valence-corrected chi connectivity index (χ0v) is 12.5. The number of halogens is 2. The highest BCUT2D eigenvalue weighted by Crippen LogP contribution is 2.29. The number of benzene rings is 1. The van der Waals surface area contributed by atoms with E-state index in [4.69, 9.17) is 0 Å². The fourth-order valence-electron chi connectivity index (χ4n) is 2.21. The number of Topliss-reactive ketones (excluding diaryl/α,β-unsaturated/α-hetero) is 1. The van der Waals surface area contributed by atoms with Crippen LogP contribution in [0, 0.1) is 5.82 Å². The first-order valence-corrected chi connectivity index (χ1v) is 8.06. The second-order valence-corrected chi connectivity index (χ2v) is 6.81. The van der Waals surface area contributed by atoms with Gasteiger partial charge in [-0.25, -0.2) is 4.39 Å². The van der Waals surface area contributed by atoms with E-state index in [1.165, 1.54) is 37.8 Å². The van der Waals surface area contributed by atoms with E-state index in [9.17, 15) is 9.18 Å². The molecule has 0 bridgehead atoms. The number of rotatable bonds is 5. The standard InChI is InChI=1S/C14H16BrFOS/c15-14-6-5-11(16)7-10(14)8-12(17)9-18-13-3-1-2-4-13/h5-7,13H,1-4,8-9H2. The van der Waals surface area contributed by atoms with Crippen molar-refractivity contribution in [3.8, 4) is 0 Å². The normalized spacial score (nSPS) is 16.1. The molecule has 1 saturated carbocycles. The van der Waals surface area contributed by atoms with E-state index in [0.717, 1.165) is 10.0 Å². The Morgan fingerprint density at radius 2 is 2.11 bits per heavy atom. The van der Waals surface area contributed by atoms with Crippen molar-refractivity contribution >= 4 is 33.5 Å². The molecule has 1 aliphatic rings. The molecule has 0 saturated heterocycles. The highest BCUT2D eigenvalue weighted by Gasteiger charge is 2.17. The second-order valence-electron chi connectivity index (χ2n) is 4.67. The van der Waals surface area contributed by atoms with Gasteiger partial charge in [-0.05, 0) is 36.6 Å². The van der Waals surface area contributed by atoms with Gasteiger partial charge in [-0.3, -0.25) is 4.79 Å². The van der Waals surface area contributed by atoms with Crippen LogP contribution in [0.5, 0.6) is 0 Å². The Bertz CT molecular complexity index is 430. The Balaban J connectivity index is 1.84. The van der Waals surface area contributed by atoms with Crippen LogP contribution in [0.4, 0.5) is 4.39 Å². The number of carbonyl (C=O) groups is 1. The smallest absolute Gasteiger partial charge is 0.147 e. The molecule has 0 aliphatic heterocycles. The minimum absolute atomic E-state index is 0.179. The van der Waals surface area contributed by atoms with Gasteiger partial charge in [-0.15, -0.1) is 0 Å². The molecule has 1 aromatic rings. The van der Waals surface area contributed by atoms with Crippen molar-refractivity contribution in [1.29, 1.82) is 0 Å². The maximum absolute atomic E-state index is 13.1. The molecule has 0 unspecified atom stereocenters. The largest absolute Gasteiger partial charge is 0.298 e. The molecule has 0 N–H and O–H groups in total.